The Labute approximate surface area is 134 Å². The maximum absolute atomic E-state index is 12.8. The fraction of sp³-hybridized carbons (Fsp3) is 0.667. The quantitative estimate of drug-likeness (QED) is 0.557. The Kier molecular flexibility index (Phi) is 5.98. The van der Waals surface area contributed by atoms with E-state index in [1.165, 1.54) is 6.08 Å². The Morgan fingerprint density at radius 2 is 1.82 bits per heavy atom. The standard InChI is InChI=1S/C18H29NO3/c1-7-14(13-19(5)6)16(21)18(10-8-11-18)12-9-15(20)22-17(2,3)4/h9,12-13H,7-8,10-11H2,1-6H3/b12-9+,14-13-. The van der Waals surface area contributed by atoms with Gasteiger partial charge in [-0.05, 0) is 40.0 Å². The highest BCUT2D eigenvalue weighted by Crippen LogP contribution is 2.45. The van der Waals surface area contributed by atoms with Gasteiger partial charge in [-0.15, -0.1) is 0 Å². The Balaban J connectivity index is 2.89. The summed E-state index contributed by atoms with van der Waals surface area (Å²) < 4.78 is 5.27. The number of hydrogen-bond donors (Lipinski definition) is 0. The first kappa shape index (κ1) is 18.5. The molecule has 0 saturated heterocycles. The van der Waals surface area contributed by atoms with E-state index in [4.69, 9.17) is 4.74 Å². The molecular weight excluding hydrogens is 278 g/mol. The van der Waals surface area contributed by atoms with Gasteiger partial charge >= 0.3 is 5.97 Å². The Hall–Kier alpha value is -1.58. The van der Waals surface area contributed by atoms with Gasteiger partial charge in [-0.25, -0.2) is 4.79 Å². The summed E-state index contributed by atoms with van der Waals surface area (Å²) >= 11 is 0. The third-order valence-corrected chi connectivity index (χ3v) is 3.73. The van der Waals surface area contributed by atoms with Crippen LogP contribution in [0.1, 0.15) is 53.4 Å². The number of allylic oxidation sites excluding steroid dienone is 2. The molecular formula is C18H29NO3. The van der Waals surface area contributed by atoms with E-state index in [1.54, 1.807) is 6.08 Å². The van der Waals surface area contributed by atoms with Gasteiger partial charge in [-0.1, -0.05) is 19.4 Å². The van der Waals surface area contributed by atoms with Gasteiger partial charge in [0.15, 0.2) is 5.78 Å². The number of esters is 1. The molecule has 0 atom stereocenters. The van der Waals surface area contributed by atoms with Crippen LogP contribution in [0.15, 0.2) is 23.9 Å². The van der Waals surface area contributed by atoms with Gasteiger partial charge in [0, 0.05) is 31.9 Å². The van der Waals surface area contributed by atoms with Crippen molar-refractivity contribution in [1.82, 2.24) is 4.90 Å². The Morgan fingerprint density at radius 3 is 2.18 bits per heavy atom. The molecule has 0 heterocycles. The van der Waals surface area contributed by atoms with Crippen molar-refractivity contribution in [2.24, 2.45) is 5.41 Å². The molecule has 0 amide bonds. The number of rotatable bonds is 6. The van der Waals surface area contributed by atoms with Gasteiger partial charge in [0.1, 0.15) is 5.60 Å². The van der Waals surface area contributed by atoms with Crippen molar-refractivity contribution >= 4 is 11.8 Å². The van der Waals surface area contributed by atoms with Crippen molar-refractivity contribution in [1.29, 1.82) is 0 Å². The van der Waals surface area contributed by atoms with Crippen molar-refractivity contribution in [2.45, 2.75) is 59.0 Å². The second kappa shape index (κ2) is 7.12. The van der Waals surface area contributed by atoms with Crippen LogP contribution in [0.3, 0.4) is 0 Å². The lowest BCUT2D eigenvalue weighted by Crippen LogP contribution is -2.37. The van der Waals surface area contributed by atoms with Gasteiger partial charge < -0.3 is 9.64 Å². The summed E-state index contributed by atoms with van der Waals surface area (Å²) in [4.78, 5) is 26.5. The van der Waals surface area contributed by atoms with Gasteiger partial charge in [0.25, 0.3) is 0 Å². The highest BCUT2D eigenvalue weighted by atomic mass is 16.6. The molecule has 1 rings (SSSR count). The molecule has 0 aliphatic heterocycles. The highest BCUT2D eigenvalue weighted by Gasteiger charge is 2.42. The summed E-state index contributed by atoms with van der Waals surface area (Å²) in [6.45, 7) is 7.48. The maximum atomic E-state index is 12.8. The summed E-state index contributed by atoms with van der Waals surface area (Å²) in [5.74, 6) is -0.254. The van der Waals surface area contributed by atoms with Crippen LogP contribution < -0.4 is 0 Å². The summed E-state index contributed by atoms with van der Waals surface area (Å²) in [6.07, 6.45) is 8.37. The number of ketones is 1. The second-order valence-corrected chi connectivity index (χ2v) is 7.18. The first-order valence-electron chi connectivity index (χ1n) is 7.94. The van der Waals surface area contributed by atoms with E-state index in [0.29, 0.717) is 6.42 Å². The van der Waals surface area contributed by atoms with E-state index < -0.39 is 11.0 Å². The van der Waals surface area contributed by atoms with Crippen LogP contribution in [-0.2, 0) is 14.3 Å². The lowest BCUT2D eigenvalue weighted by molar-refractivity contribution is -0.148. The van der Waals surface area contributed by atoms with Crippen molar-refractivity contribution in [3.8, 4) is 0 Å². The van der Waals surface area contributed by atoms with E-state index in [1.807, 2.05) is 52.9 Å². The lowest BCUT2D eigenvalue weighted by Gasteiger charge is -2.38. The zero-order chi connectivity index (χ0) is 17.0. The zero-order valence-electron chi connectivity index (χ0n) is 14.7. The van der Waals surface area contributed by atoms with Crippen molar-refractivity contribution in [3.05, 3.63) is 23.9 Å². The minimum Gasteiger partial charge on any atom is -0.457 e. The first-order valence-corrected chi connectivity index (χ1v) is 7.94. The molecule has 0 radical (unpaired) electrons. The van der Waals surface area contributed by atoms with Gasteiger partial charge in [-0.3, -0.25) is 4.79 Å². The van der Waals surface area contributed by atoms with Gasteiger partial charge in [-0.2, -0.15) is 0 Å². The third-order valence-electron chi connectivity index (χ3n) is 3.73. The van der Waals surface area contributed by atoms with Crippen LogP contribution in [0.5, 0.6) is 0 Å². The predicted molar refractivity (Wildman–Crippen MR) is 88.3 cm³/mol. The third kappa shape index (κ3) is 5.00. The van der Waals surface area contributed by atoms with Crippen LogP contribution in [0.4, 0.5) is 0 Å². The topological polar surface area (TPSA) is 46.6 Å². The normalized spacial score (nSPS) is 18.0. The van der Waals surface area contributed by atoms with Gasteiger partial charge in [0.05, 0.1) is 5.41 Å². The number of ether oxygens (including phenoxy) is 1. The molecule has 0 spiro atoms. The molecule has 0 aromatic heterocycles. The van der Waals surface area contributed by atoms with Crippen molar-refractivity contribution < 1.29 is 14.3 Å². The molecule has 0 unspecified atom stereocenters. The molecule has 0 bridgehead atoms. The molecule has 1 aliphatic rings. The molecule has 0 N–H and O–H groups in total. The SMILES string of the molecule is CC/C(=C/N(C)C)C(=O)C1(/C=C/C(=O)OC(C)(C)C)CCC1. The molecule has 0 aromatic carbocycles. The van der Waals surface area contributed by atoms with E-state index in [2.05, 4.69) is 0 Å². The number of carbonyl (C=O) groups is 2. The number of carbonyl (C=O) groups excluding carboxylic acids is 2. The van der Waals surface area contributed by atoms with E-state index in [0.717, 1.165) is 24.8 Å². The first-order chi connectivity index (χ1) is 10.1. The van der Waals surface area contributed by atoms with Crippen LogP contribution in [0.25, 0.3) is 0 Å². The van der Waals surface area contributed by atoms with E-state index in [-0.39, 0.29) is 11.8 Å². The van der Waals surface area contributed by atoms with Crippen molar-refractivity contribution in [3.63, 3.8) is 0 Å². The maximum Gasteiger partial charge on any atom is 0.330 e. The van der Waals surface area contributed by atoms with Gasteiger partial charge in [0.2, 0.25) is 0 Å². The number of nitrogens with zero attached hydrogens (tertiary/aromatic N) is 1. The molecule has 1 saturated carbocycles. The highest BCUT2D eigenvalue weighted by molar-refractivity contribution is 6.02. The van der Waals surface area contributed by atoms with Crippen molar-refractivity contribution in [2.75, 3.05) is 14.1 Å². The van der Waals surface area contributed by atoms with Crippen LogP contribution in [0.2, 0.25) is 0 Å². The fourth-order valence-electron chi connectivity index (χ4n) is 2.53. The van der Waals surface area contributed by atoms with Crippen LogP contribution >= 0.6 is 0 Å². The average Bonchev–Trinajstić information content (AvgIpc) is 2.31. The summed E-state index contributed by atoms with van der Waals surface area (Å²) in [5, 5.41) is 0. The number of hydrogen-bond acceptors (Lipinski definition) is 4. The minimum atomic E-state index is -0.519. The summed E-state index contributed by atoms with van der Waals surface area (Å²) in [6, 6.07) is 0. The predicted octanol–water partition coefficient (Wildman–Crippen LogP) is 3.48. The largest absolute Gasteiger partial charge is 0.457 e. The fourth-order valence-corrected chi connectivity index (χ4v) is 2.53. The molecule has 4 nitrogen and oxygen atoms in total. The molecule has 1 aliphatic carbocycles. The Bertz CT molecular complexity index is 477. The molecule has 22 heavy (non-hydrogen) atoms. The monoisotopic (exact) mass is 307 g/mol. The van der Waals surface area contributed by atoms with E-state index in [9.17, 15) is 9.59 Å². The minimum absolute atomic E-state index is 0.134. The van der Waals surface area contributed by atoms with Crippen LogP contribution in [0, 0.1) is 5.41 Å². The van der Waals surface area contributed by atoms with E-state index >= 15 is 0 Å². The molecule has 1 fully saturated rings. The molecule has 124 valence electrons. The smallest absolute Gasteiger partial charge is 0.330 e. The number of Topliss-reactive ketones (excluding diaryl/α,β-unsaturated/α-hetero) is 1. The Morgan fingerprint density at radius 1 is 1.23 bits per heavy atom. The molecule has 0 aromatic rings. The zero-order valence-corrected chi connectivity index (χ0v) is 14.7. The van der Waals surface area contributed by atoms with Crippen LogP contribution in [-0.4, -0.2) is 36.3 Å². The second-order valence-electron chi connectivity index (χ2n) is 7.18. The lowest BCUT2D eigenvalue weighted by atomic mass is 9.64. The summed E-state index contributed by atoms with van der Waals surface area (Å²) in [5.41, 5.74) is -0.231. The average molecular weight is 307 g/mol. The molecule has 4 heteroatoms. The summed E-state index contributed by atoms with van der Waals surface area (Å²) in [7, 11) is 3.82.